The lowest BCUT2D eigenvalue weighted by atomic mass is 9.99. The highest BCUT2D eigenvalue weighted by molar-refractivity contribution is 5.22. The van der Waals surface area contributed by atoms with Gasteiger partial charge in [0.25, 0.3) is 0 Å². The van der Waals surface area contributed by atoms with Crippen molar-refractivity contribution in [3.63, 3.8) is 0 Å². The smallest absolute Gasteiger partial charge is 0.0233 e. The first kappa shape index (κ1) is 10.7. The Morgan fingerprint density at radius 2 is 2.00 bits per heavy atom. The molecule has 1 aromatic rings. The van der Waals surface area contributed by atoms with E-state index in [0.717, 1.165) is 12.5 Å². The maximum absolute atomic E-state index is 2.58. The maximum Gasteiger partial charge on any atom is 0.0233 e. The summed E-state index contributed by atoms with van der Waals surface area (Å²) < 4.78 is 0. The molecule has 1 saturated heterocycles. The van der Waals surface area contributed by atoms with Gasteiger partial charge in [-0.25, -0.2) is 0 Å². The van der Waals surface area contributed by atoms with Gasteiger partial charge in [0.1, 0.15) is 0 Å². The van der Waals surface area contributed by atoms with Crippen LogP contribution in [0.1, 0.15) is 30.9 Å². The molecule has 1 aromatic carbocycles. The second-order valence-corrected chi connectivity index (χ2v) is 4.95. The molecule has 82 valence electrons. The summed E-state index contributed by atoms with van der Waals surface area (Å²) in [6.45, 7) is 8.21. The minimum atomic E-state index is 0.929. The van der Waals surface area contributed by atoms with Crippen LogP contribution in [0.25, 0.3) is 0 Å². The van der Waals surface area contributed by atoms with Crippen LogP contribution in [0.5, 0.6) is 0 Å². The largest absolute Gasteiger partial charge is 0.299 e. The van der Waals surface area contributed by atoms with E-state index < -0.39 is 0 Å². The van der Waals surface area contributed by atoms with E-state index in [9.17, 15) is 0 Å². The fraction of sp³-hybridized carbons (Fsp3) is 0.571. The van der Waals surface area contributed by atoms with E-state index in [1.807, 2.05) is 0 Å². The molecule has 2 rings (SSSR count). The van der Waals surface area contributed by atoms with Crippen LogP contribution in [0.2, 0.25) is 0 Å². The minimum absolute atomic E-state index is 0.929. The van der Waals surface area contributed by atoms with Crippen LogP contribution in [0.3, 0.4) is 0 Å². The van der Waals surface area contributed by atoms with Crippen molar-refractivity contribution >= 4 is 0 Å². The predicted octanol–water partition coefficient (Wildman–Crippen LogP) is 3.23. The maximum atomic E-state index is 2.58. The Morgan fingerprint density at radius 1 is 1.27 bits per heavy atom. The Kier molecular flexibility index (Phi) is 3.42. The Hall–Kier alpha value is -0.820. The molecule has 0 bridgehead atoms. The average molecular weight is 203 g/mol. The summed E-state index contributed by atoms with van der Waals surface area (Å²) in [7, 11) is 0. The number of rotatable bonds is 2. The van der Waals surface area contributed by atoms with E-state index in [-0.39, 0.29) is 0 Å². The molecule has 1 nitrogen and oxygen atoms in total. The van der Waals surface area contributed by atoms with Gasteiger partial charge in [-0.05, 0) is 44.3 Å². The van der Waals surface area contributed by atoms with E-state index in [1.165, 1.54) is 37.1 Å². The third-order valence-electron chi connectivity index (χ3n) is 3.36. The van der Waals surface area contributed by atoms with Crippen molar-refractivity contribution < 1.29 is 0 Å². The second-order valence-electron chi connectivity index (χ2n) is 4.95. The Bertz CT molecular complexity index is 311. The van der Waals surface area contributed by atoms with Crippen molar-refractivity contribution in [1.82, 2.24) is 4.90 Å². The molecule has 1 aliphatic rings. The minimum Gasteiger partial charge on any atom is -0.299 e. The monoisotopic (exact) mass is 203 g/mol. The lowest BCUT2D eigenvalue weighted by molar-refractivity contribution is 0.185. The molecule has 0 saturated carbocycles. The number of hydrogen-bond donors (Lipinski definition) is 0. The van der Waals surface area contributed by atoms with Gasteiger partial charge in [-0.3, -0.25) is 4.90 Å². The zero-order valence-corrected chi connectivity index (χ0v) is 9.87. The topological polar surface area (TPSA) is 3.24 Å². The van der Waals surface area contributed by atoms with Crippen molar-refractivity contribution in [2.45, 2.75) is 33.2 Å². The normalized spacial score (nSPS) is 19.3. The van der Waals surface area contributed by atoms with Crippen molar-refractivity contribution in [2.24, 2.45) is 5.92 Å². The Balaban J connectivity index is 1.92. The molecule has 15 heavy (non-hydrogen) atoms. The van der Waals surface area contributed by atoms with Crippen LogP contribution < -0.4 is 0 Å². The molecule has 0 N–H and O–H groups in total. The van der Waals surface area contributed by atoms with Gasteiger partial charge in [0.15, 0.2) is 0 Å². The van der Waals surface area contributed by atoms with Gasteiger partial charge in [-0.1, -0.05) is 36.8 Å². The van der Waals surface area contributed by atoms with E-state index in [1.54, 1.807) is 0 Å². The first-order chi connectivity index (χ1) is 7.24. The van der Waals surface area contributed by atoms with Crippen LogP contribution in [0, 0.1) is 12.8 Å². The molecule has 0 unspecified atom stereocenters. The number of hydrogen-bond acceptors (Lipinski definition) is 1. The van der Waals surface area contributed by atoms with Crippen LogP contribution in [-0.4, -0.2) is 18.0 Å². The van der Waals surface area contributed by atoms with Gasteiger partial charge in [0.2, 0.25) is 0 Å². The summed E-state index contributed by atoms with van der Waals surface area (Å²) in [5.74, 6) is 0.929. The quantitative estimate of drug-likeness (QED) is 0.713. The highest BCUT2D eigenvalue weighted by atomic mass is 15.1. The molecule has 1 heterocycles. The summed E-state index contributed by atoms with van der Waals surface area (Å²) in [5, 5.41) is 0. The van der Waals surface area contributed by atoms with E-state index in [4.69, 9.17) is 0 Å². The Labute approximate surface area is 93.1 Å². The predicted molar refractivity (Wildman–Crippen MR) is 64.9 cm³/mol. The first-order valence-corrected chi connectivity index (χ1v) is 6.02. The van der Waals surface area contributed by atoms with Crippen LogP contribution in [0.15, 0.2) is 24.3 Å². The van der Waals surface area contributed by atoms with E-state index in [0.29, 0.717) is 0 Å². The SMILES string of the molecule is Cc1cccc(CN2CCC(C)CC2)c1. The van der Waals surface area contributed by atoms with Crippen LogP contribution >= 0.6 is 0 Å². The number of aryl methyl sites for hydroxylation is 1. The lowest BCUT2D eigenvalue weighted by Gasteiger charge is -2.30. The van der Waals surface area contributed by atoms with Gasteiger partial charge in [-0.15, -0.1) is 0 Å². The number of piperidine rings is 1. The first-order valence-electron chi connectivity index (χ1n) is 6.02. The highest BCUT2D eigenvalue weighted by Crippen LogP contribution is 2.18. The third-order valence-corrected chi connectivity index (χ3v) is 3.36. The molecule has 1 heteroatoms. The van der Waals surface area contributed by atoms with Gasteiger partial charge >= 0.3 is 0 Å². The van der Waals surface area contributed by atoms with E-state index >= 15 is 0 Å². The summed E-state index contributed by atoms with van der Waals surface area (Å²) in [6, 6.07) is 8.88. The van der Waals surface area contributed by atoms with Gasteiger partial charge in [-0.2, -0.15) is 0 Å². The lowest BCUT2D eigenvalue weighted by Crippen LogP contribution is -2.32. The summed E-state index contributed by atoms with van der Waals surface area (Å²) in [5.41, 5.74) is 2.84. The van der Waals surface area contributed by atoms with Crippen LogP contribution in [-0.2, 0) is 6.54 Å². The van der Waals surface area contributed by atoms with Crippen molar-refractivity contribution in [2.75, 3.05) is 13.1 Å². The summed E-state index contributed by atoms with van der Waals surface area (Å²) in [4.78, 5) is 2.58. The molecular formula is C14H21N. The molecule has 0 aromatic heterocycles. The molecule has 0 radical (unpaired) electrons. The zero-order valence-electron chi connectivity index (χ0n) is 9.87. The van der Waals surface area contributed by atoms with Crippen molar-refractivity contribution in [3.8, 4) is 0 Å². The van der Waals surface area contributed by atoms with E-state index in [2.05, 4.69) is 43.0 Å². The molecule has 0 spiro atoms. The summed E-state index contributed by atoms with van der Waals surface area (Å²) in [6.07, 6.45) is 2.73. The van der Waals surface area contributed by atoms with Gasteiger partial charge in [0, 0.05) is 6.54 Å². The molecular weight excluding hydrogens is 182 g/mol. The average Bonchev–Trinajstić information content (AvgIpc) is 2.22. The number of likely N-dealkylation sites (tertiary alicyclic amines) is 1. The second kappa shape index (κ2) is 4.80. The van der Waals surface area contributed by atoms with Gasteiger partial charge < -0.3 is 0 Å². The standard InChI is InChI=1S/C14H21N/c1-12-6-8-15(9-7-12)11-14-5-3-4-13(2)10-14/h3-5,10,12H,6-9,11H2,1-2H3. The fourth-order valence-corrected chi connectivity index (χ4v) is 2.29. The number of benzene rings is 1. The third kappa shape index (κ3) is 3.07. The van der Waals surface area contributed by atoms with Crippen molar-refractivity contribution in [3.05, 3.63) is 35.4 Å². The van der Waals surface area contributed by atoms with Crippen molar-refractivity contribution in [1.29, 1.82) is 0 Å². The summed E-state index contributed by atoms with van der Waals surface area (Å²) >= 11 is 0. The number of nitrogens with zero attached hydrogens (tertiary/aromatic N) is 1. The highest BCUT2D eigenvalue weighted by Gasteiger charge is 2.15. The molecule has 1 aliphatic heterocycles. The molecule has 0 amide bonds. The fourth-order valence-electron chi connectivity index (χ4n) is 2.29. The van der Waals surface area contributed by atoms with Crippen LogP contribution in [0.4, 0.5) is 0 Å². The van der Waals surface area contributed by atoms with Gasteiger partial charge in [0.05, 0.1) is 0 Å². The Morgan fingerprint density at radius 3 is 2.67 bits per heavy atom. The molecule has 1 fully saturated rings. The molecule has 0 aliphatic carbocycles. The zero-order chi connectivity index (χ0) is 10.7. The molecule has 0 atom stereocenters.